The first-order valence-corrected chi connectivity index (χ1v) is 9.19. The predicted octanol–water partition coefficient (Wildman–Crippen LogP) is 2.53. The van der Waals surface area contributed by atoms with Crippen molar-refractivity contribution in [1.29, 1.82) is 0 Å². The van der Waals surface area contributed by atoms with Gasteiger partial charge in [0, 0.05) is 0 Å². The third-order valence-electron chi connectivity index (χ3n) is 1.74. The molecule has 1 nitrogen and oxygen atoms in total. The summed E-state index contributed by atoms with van der Waals surface area (Å²) >= 11 is 0. The predicted molar refractivity (Wildman–Crippen MR) is 57.3 cm³/mol. The smallest absolute Gasteiger partial charge is 0.168 e. The lowest BCUT2D eigenvalue weighted by atomic mass is 10.5. The standard InChI is InChI=1S/C8H22OSi2/c1-7(2)11(8(3)4)9-10(5)6/h7-8,10-11H,1-6H3. The van der Waals surface area contributed by atoms with Crippen LogP contribution in [0.2, 0.25) is 24.2 Å². The molecule has 0 spiro atoms. The Bertz CT molecular complexity index is 94.3. The van der Waals surface area contributed by atoms with Crippen LogP contribution in [0.4, 0.5) is 0 Å². The summed E-state index contributed by atoms with van der Waals surface area (Å²) in [5, 5.41) is 0. The molecule has 0 saturated heterocycles. The fourth-order valence-corrected chi connectivity index (χ4v) is 7.97. The zero-order valence-corrected chi connectivity index (χ0v) is 11.0. The van der Waals surface area contributed by atoms with Gasteiger partial charge in [-0.25, -0.2) is 0 Å². The lowest BCUT2D eigenvalue weighted by Gasteiger charge is -2.25. The van der Waals surface area contributed by atoms with E-state index in [-0.39, 0.29) is 0 Å². The van der Waals surface area contributed by atoms with Gasteiger partial charge in [-0.1, -0.05) is 27.7 Å². The maximum Gasteiger partial charge on any atom is 0.168 e. The summed E-state index contributed by atoms with van der Waals surface area (Å²) in [6.07, 6.45) is 0. The van der Waals surface area contributed by atoms with E-state index in [9.17, 15) is 0 Å². The summed E-state index contributed by atoms with van der Waals surface area (Å²) in [5.41, 5.74) is 1.59. The molecule has 0 fully saturated rings. The molecule has 0 aromatic carbocycles. The minimum Gasteiger partial charge on any atom is -0.460 e. The Labute approximate surface area is 74.6 Å². The quantitative estimate of drug-likeness (QED) is 0.619. The van der Waals surface area contributed by atoms with Gasteiger partial charge in [-0.15, -0.1) is 0 Å². The van der Waals surface area contributed by atoms with E-state index in [0.29, 0.717) is 0 Å². The summed E-state index contributed by atoms with van der Waals surface area (Å²) in [4.78, 5) is 0. The number of hydrogen-bond acceptors (Lipinski definition) is 1. The summed E-state index contributed by atoms with van der Waals surface area (Å²) < 4.78 is 6.05. The van der Waals surface area contributed by atoms with Gasteiger partial charge in [-0.2, -0.15) is 0 Å². The first kappa shape index (κ1) is 11.4. The molecule has 0 N–H and O–H groups in total. The third-order valence-corrected chi connectivity index (χ3v) is 7.81. The molecule has 0 aromatic rings. The van der Waals surface area contributed by atoms with Gasteiger partial charge in [0.2, 0.25) is 0 Å². The first-order chi connectivity index (χ1) is 4.95. The molecule has 68 valence electrons. The first-order valence-electron chi connectivity index (χ1n) is 4.60. The highest BCUT2D eigenvalue weighted by molar-refractivity contribution is 6.66. The molecular formula is C8H22OSi2. The molecule has 0 aromatic heterocycles. The summed E-state index contributed by atoms with van der Waals surface area (Å²) in [6, 6.07) is 0. The highest BCUT2D eigenvalue weighted by Crippen LogP contribution is 2.21. The van der Waals surface area contributed by atoms with Gasteiger partial charge in [-0.3, -0.25) is 0 Å². The lowest BCUT2D eigenvalue weighted by Crippen LogP contribution is -2.30. The zero-order chi connectivity index (χ0) is 9.02. The summed E-state index contributed by atoms with van der Waals surface area (Å²) in [7, 11) is -1.66. The fraction of sp³-hybridized carbons (Fsp3) is 1.00. The van der Waals surface area contributed by atoms with E-state index in [2.05, 4.69) is 40.8 Å². The Morgan fingerprint density at radius 3 is 1.36 bits per heavy atom. The second-order valence-electron chi connectivity index (χ2n) is 4.14. The monoisotopic (exact) mass is 190 g/mol. The second-order valence-corrected chi connectivity index (χ2v) is 10.9. The van der Waals surface area contributed by atoms with Crippen LogP contribution in [-0.2, 0) is 4.12 Å². The molecule has 0 atom stereocenters. The van der Waals surface area contributed by atoms with Crippen LogP contribution < -0.4 is 0 Å². The maximum absolute atomic E-state index is 6.05. The van der Waals surface area contributed by atoms with Crippen LogP contribution in [0.5, 0.6) is 0 Å². The molecule has 0 heterocycles. The minimum atomic E-state index is -0.877. The van der Waals surface area contributed by atoms with Crippen LogP contribution in [0.15, 0.2) is 0 Å². The average Bonchev–Trinajstić information content (AvgIpc) is 1.81. The number of rotatable bonds is 4. The molecule has 0 saturated carbocycles. The molecule has 0 bridgehead atoms. The highest BCUT2D eigenvalue weighted by Gasteiger charge is 2.21. The van der Waals surface area contributed by atoms with Crippen LogP contribution in [0.25, 0.3) is 0 Å². The average molecular weight is 190 g/mol. The van der Waals surface area contributed by atoms with E-state index in [1.807, 2.05) is 0 Å². The Hall–Kier alpha value is 0.394. The van der Waals surface area contributed by atoms with Crippen LogP contribution >= 0.6 is 0 Å². The second kappa shape index (κ2) is 5.11. The van der Waals surface area contributed by atoms with E-state index in [0.717, 1.165) is 11.1 Å². The van der Waals surface area contributed by atoms with Gasteiger partial charge in [-0.05, 0) is 24.2 Å². The Balaban J connectivity index is 3.90. The summed E-state index contributed by atoms with van der Waals surface area (Å²) in [5.74, 6) is 0. The van der Waals surface area contributed by atoms with Gasteiger partial charge in [0.15, 0.2) is 18.1 Å². The highest BCUT2D eigenvalue weighted by atomic mass is 28.4. The van der Waals surface area contributed by atoms with Crippen LogP contribution in [0, 0.1) is 0 Å². The third kappa shape index (κ3) is 4.77. The normalized spacial score (nSPS) is 12.5. The van der Waals surface area contributed by atoms with E-state index < -0.39 is 18.1 Å². The van der Waals surface area contributed by atoms with E-state index in [1.54, 1.807) is 0 Å². The van der Waals surface area contributed by atoms with Crippen molar-refractivity contribution in [2.45, 2.75) is 51.9 Å². The number of hydrogen-bond donors (Lipinski definition) is 0. The Kier molecular flexibility index (Phi) is 5.30. The van der Waals surface area contributed by atoms with E-state index >= 15 is 0 Å². The Morgan fingerprint density at radius 1 is 0.909 bits per heavy atom. The molecule has 0 aliphatic heterocycles. The molecule has 11 heavy (non-hydrogen) atoms. The molecule has 0 aliphatic carbocycles. The van der Waals surface area contributed by atoms with Crippen molar-refractivity contribution < 1.29 is 4.12 Å². The van der Waals surface area contributed by atoms with Crippen molar-refractivity contribution >= 4 is 18.1 Å². The molecular weight excluding hydrogens is 168 g/mol. The van der Waals surface area contributed by atoms with E-state index in [1.165, 1.54) is 0 Å². The summed E-state index contributed by atoms with van der Waals surface area (Å²) in [6.45, 7) is 13.7. The van der Waals surface area contributed by atoms with Gasteiger partial charge >= 0.3 is 0 Å². The minimum absolute atomic E-state index is 0.779. The largest absolute Gasteiger partial charge is 0.460 e. The van der Waals surface area contributed by atoms with Crippen LogP contribution in [0.1, 0.15) is 27.7 Å². The molecule has 0 aliphatic rings. The molecule has 0 radical (unpaired) electrons. The Morgan fingerprint density at radius 2 is 1.27 bits per heavy atom. The SMILES string of the molecule is CC(C)[SiH](O[SiH](C)C)C(C)C. The molecule has 3 heteroatoms. The van der Waals surface area contributed by atoms with Gasteiger partial charge in [0.1, 0.15) is 0 Å². The van der Waals surface area contributed by atoms with Gasteiger partial charge in [0.05, 0.1) is 0 Å². The van der Waals surface area contributed by atoms with Gasteiger partial charge in [0.25, 0.3) is 0 Å². The van der Waals surface area contributed by atoms with Crippen molar-refractivity contribution in [3.05, 3.63) is 0 Å². The lowest BCUT2D eigenvalue weighted by molar-refractivity contribution is 0.557. The maximum atomic E-state index is 6.05. The van der Waals surface area contributed by atoms with Crippen molar-refractivity contribution in [3.63, 3.8) is 0 Å². The van der Waals surface area contributed by atoms with Gasteiger partial charge < -0.3 is 4.12 Å². The van der Waals surface area contributed by atoms with Crippen molar-refractivity contribution in [2.75, 3.05) is 0 Å². The zero-order valence-electron chi connectivity index (χ0n) is 8.72. The van der Waals surface area contributed by atoms with Crippen LogP contribution in [-0.4, -0.2) is 18.1 Å². The fourth-order valence-electron chi connectivity index (χ4n) is 1.40. The molecule has 0 unspecified atom stereocenters. The molecule has 0 amide bonds. The van der Waals surface area contributed by atoms with Crippen LogP contribution in [0.3, 0.4) is 0 Å². The topological polar surface area (TPSA) is 9.23 Å². The van der Waals surface area contributed by atoms with Crippen molar-refractivity contribution in [3.8, 4) is 0 Å². The molecule has 0 rings (SSSR count). The van der Waals surface area contributed by atoms with Crippen molar-refractivity contribution in [1.82, 2.24) is 0 Å². The van der Waals surface area contributed by atoms with Crippen molar-refractivity contribution in [2.24, 2.45) is 0 Å². The van der Waals surface area contributed by atoms with E-state index in [4.69, 9.17) is 4.12 Å².